The molecular weight excluding hydrogens is 418 g/mol. The van der Waals surface area contributed by atoms with Gasteiger partial charge in [-0.15, -0.1) is 5.10 Å². The molecule has 2 aromatic carbocycles. The number of para-hydroxylation sites is 1. The van der Waals surface area contributed by atoms with Gasteiger partial charge in [-0.05, 0) is 37.0 Å². The van der Waals surface area contributed by atoms with Crippen LogP contribution in [0.2, 0.25) is 0 Å². The molecule has 0 aliphatic carbocycles. The largest absolute Gasteiger partial charge is 0.383 e. The number of ether oxygens (including phenoxy) is 1. The first-order chi connectivity index (χ1) is 15.9. The van der Waals surface area contributed by atoms with Gasteiger partial charge in [0.1, 0.15) is 18.1 Å². The number of rotatable bonds is 11. The second-order valence-corrected chi connectivity index (χ2v) is 8.60. The zero-order chi connectivity index (χ0) is 23.8. The lowest BCUT2D eigenvalue weighted by Gasteiger charge is -2.32. The van der Waals surface area contributed by atoms with Gasteiger partial charge in [0.2, 0.25) is 11.8 Å². The predicted octanol–water partition coefficient (Wildman–Crippen LogP) is 3.12. The van der Waals surface area contributed by atoms with Gasteiger partial charge < -0.3 is 15.0 Å². The summed E-state index contributed by atoms with van der Waals surface area (Å²) in [5.74, 6) is -0.0297. The van der Waals surface area contributed by atoms with Crippen molar-refractivity contribution in [3.05, 3.63) is 59.7 Å². The molecule has 3 aromatic rings. The van der Waals surface area contributed by atoms with Crippen molar-refractivity contribution in [1.29, 1.82) is 0 Å². The highest BCUT2D eigenvalue weighted by atomic mass is 16.5. The van der Waals surface area contributed by atoms with Crippen LogP contribution in [0.15, 0.2) is 48.5 Å². The van der Waals surface area contributed by atoms with Crippen LogP contribution in [0, 0.1) is 12.8 Å². The van der Waals surface area contributed by atoms with Crippen molar-refractivity contribution >= 4 is 22.8 Å². The molecule has 8 heteroatoms. The summed E-state index contributed by atoms with van der Waals surface area (Å²) in [4.78, 5) is 28.6. The maximum absolute atomic E-state index is 13.6. The zero-order valence-electron chi connectivity index (χ0n) is 19.8. The molecule has 1 atom stereocenters. The molecule has 0 saturated carbocycles. The molecule has 1 N–H and O–H groups in total. The highest BCUT2D eigenvalue weighted by molar-refractivity contribution is 5.89. The second kappa shape index (κ2) is 11.6. The Morgan fingerprint density at radius 3 is 2.55 bits per heavy atom. The van der Waals surface area contributed by atoms with Crippen LogP contribution in [-0.2, 0) is 20.9 Å². The molecule has 0 radical (unpaired) electrons. The molecule has 3 rings (SSSR count). The summed E-state index contributed by atoms with van der Waals surface area (Å²) in [6, 6.07) is 14.5. The first kappa shape index (κ1) is 24.4. The molecule has 0 spiro atoms. The number of amides is 2. The van der Waals surface area contributed by atoms with Crippen LogP contribution in [0.3, 0.4) is 0 Å². The minimum absolute atomic E-state index is 0.00627. The van der Waals surface area contributed by atoms with Gasteiger partial charge >= 0.3 is 0 Å². The fourth-order valence-electron chi connectivity index (χ4n) is 3.64. The Bertz CT molecular complexity index is 1060. The number of hydrogen-bond donors (Lipinski definition) is 1. The summed E-state index contributed by atoms with van der Waals surface area (Å²) in [5.41, 5.74) is 3.38. The van der Waals surface area contributed by atoms with Crippen LogP contribution in [0.4, 0.5) is 0 Å². The average molecular weight is 452 g/mol. The summed E-state index contributed by atoms with van der Waals surface area (Å²) < 4.78 is 6.67. The van der Waals surface area contributed by atoms with E-state index < -0.39 is 6.04 Å². The molecule has 0 bridgehead atoms. The molecule has 8 nitrogen and oxygen atoms in total. The Morgan fingerprint density at radius 2 is 1.85 bits per heavy atom. The first-order valence-electron chi connectivity index (χ1n) is 11.3. The van der Waals surface area contributed by atoms with E-state index in [1.54, 1.807) is 16.7 Å². The van der Waals surface area contributed by atoms with Gasteiger partial charge in [-0.1, -0.05) is 61.0 Å². The Balaban J connectivity index is 1.93. The Morgan fingerprint density at radius 1 is 1.12 bits per heavy atom. The monoisotopic (exact) mass is 451 g/mol. The van der Waals surface area contributed by atoms with Crippen molar-refractivity contribution in [2.45, 2.75) is 39.8 Å². The smallest absolute Gasteiger partial charge is 0.247 e. The fourth-order valence-corrected chi connectivity index (χ4v) is 3.64. The van der Waals surface area contributed by atoms with Crippen LogP contribution in [-0.4, -0.2) is 58.5 Å². The normalized spacial score (nSPS) is 12.2. The topological polar surface area (TPSA) is 89.4 Å². The van der Waals surface area contributed by atoms with Gasteiger partial charge in [-0.3, -0.25) is 9.59 Å². The molecule has 1 aromatic heterocycles. The van der Waals surface area contributed by atoms with Crippen molar-refractivity contribution < 1.29 is 14.3 Å². The van der Waals surface area contributed by atoms with Gasteiger partial charge in [0.05, 0.1) is 12.1 Å². The Hall–Kier alpha value is -3.26. The van der Waals surface area contributed by atoms with Crippen molar-refractivity contribution in [3.8, 4) is 0 Å². The van der Waals surface area contributed by atoms with Crippen LogP contribution >= 0.6 is 0 Å². The van der Waals surface area contributed by atoms with Gasteiger partial charge in [-0.25, -0.2) is 4.68 Å². The summed E-state index contributed by atoms with van der Waals surface area (Å²) >= 11 is 0. The SMILES string of the molecule is COCCNC(=O)[C@H](c1ccc(C)cc1)N(CCC(C)C)C(=O)Cn1nnc2ccccc21. The van der Waals surface area contributed by atoms with Gasteiger partial charge in [0.15, 0.2) is 0 Å². The standard InChI is InChI=1S/C25H33N5O3/c1-18(2)13-15-29(23(31)17-30-22-8-6-5-7-21(22)27-28-30)24(25(32)26-14-16-33-4)20-11-9-19(3)10-12-20/h5-12,18,24H,13-17H2,1-4H3,(H,26,32)/t24-/m0/s1. The van der Waals surface area contributed by atoms with E-state index in [-0.39, 0.29) is 18.4 Å². The highest BCUT2D eigenvalue weighted by Crippen LogP contribution is 2.24. The molecule has 0 saturated heterocycles. The number of carbonyl (C=O) groups is 2. The number of aryl methyl sites for hydroxylation is 1. The average Bonchev–Trinajstić information content (AvgIpc) is 3.20. The minimum atomic E-state index is -0.747. The number of nitrogens with zero attached hydrogens (tertiary/aromatic N) is 4. The molecule has 2 amide bonds. The lowest BCUT2D eigenvalue weighted by molar-refractivity contribution is -0.141. The number of fused-ring (bicyclic) bond motifs is 1. The zero-order valence-corrected chi connectivity index (χ0v) is 19.8. The minimum Gasteiger partial charge on any atom is -0.383 e. The van der Waals surface area contributed by atoms with Gasteiger partial charge in [0.25, 0.3) is 0 Å². The lowest BCUT2D eigenvalue weighted by atomic mass is 10.0. The van der Waals surface area contributed by atoms with E-state index >= 15 is 0 Å². The van der Waals surface area contributed by atoms with Crippen LogP contribution < -0.4 is 5.32 Å². The predicted molar refractivity (Wildman–Crippen MR) is 128 cm³/mol. The van der Waals surface area contributed by atoms with E-state index in [1.165, 1.54) is 0 Å². The van der Waals surface area contributed by atoms with Crippen LogP contribution in [0.1, 0.15) is 37.4 Å². The van der Waals surface area contributed by atoms with Gasteiger partial charge in [0, 0.05) is 20.2 Å². The fraction of sp³-hybridized carbons (Fsp3) is 0.440. The van der Waals surface area contributed by atoms with Crippen LogP contribution in [0.5, 0.6) is 0 Å². The molecule has 33 heavy (non-hydrogen) atoms. The van der Waals surface area contributed by atoms with E-state index in [0.717, 1.165) is 28.6 Å². The third-order valence-electron chi connectivity index (χ3n) is 5.53. The third-order valence-corrected chi connectivity index (χ3v) is 5.53. The van der Waals surface area contributed by atoms with E-state index in [2.05, 4.69) is 29.5 Å². The van der Waals surface area contributed by atoms with Crippen molar-refractivity contribution in [3.63, 3.8) is 0 Å². The summed E-state index contributed by atoms with van der Waals surface area (Å²) in [7, 11) is 1.59. The van der Waals surface area contributed by atoms with E-state index in [0.29, 0.717) is 25.6 Å². The highest BCUT2D eigenvalue weighted by Gasteiger charge is 2.31. The maximum Gasteiger partial charge on any atom is 0.247 e. The number of methoxy groups -OCH3 is 1. The number of carbonyl (C=O) groups excluding carboxylic acids is 2. The Labute approximate surface area is 194 Å². The second-order valence-electron chi connectivity index (χ2n) is 8.60. The van der Waals surface area contributed by atoms with Crippen LogP contribution in [0.25, 0.3) is 11.0 Å². The van der Waals surface area contributed by atoms with E-state index in [4.69, 9.17) is 4.74 Å². The number of nitrogens with one attached hydrogen (secondary N) is 1. The molecule has 176 valence electrons. The molecule has 0 unspecified atom stereocenters. The molecular formula is C25H33N5O3. The molecule has 1 heterocycles. The summed E-state index contributed by atoms with van der Waals surface area (Å²) in [6.07, 6.45) is 0.775. The number of aromatic nitrogens is 3. The van der Waals surface area contributed by atoms with Crippen molar-refractivity contribution in [1.82, 2.24) is 25.2 Å². The third kappa shape index (κ3) is 6.38. The molecule has 0 fully saturated rings. The van der Waals surface area contributed by atoms with E-state index in [1.807, 2.05) is 55.5 Å². The van der Waals surface area contributed by atoms with Gasteiger partial charge in [-0.2, -0.15) is 0 Å². The maximum atomic E-state index is 13.6. The first-order valence-corrected chi connectivity index (χ1v) is 11.3. The van der Waals surface area contributed by atoms with Crippen molar-refractivity contribution in [2.24, 2.45) is 5.92 Å². The van der Waals surface area contributed by atoms with E-state index in [9.17, 15) is 9.59 Å². The molecule has 0 aliphatic rings. The van der Waals surface area contributed by atoms with Crippen molar-refractivity contribution in [2.75, 3.05) is 26.8 Å². The summed E-state index contributed by atoms with van der Waals surface area (Å²) in [6.45, 7) is 7.44. The quantitative estimate of drug-likeness (QED) is 0.453. The summed E-state index contributed by atoms with van der Waals surface area (Å²) in [5, 5.41) is 11.2. The number of hydrogen-bond acceptors (Lipinski definition) is 5. The Kier molecular flexibility index (Phi) is 8.54. The lowest BCUT2D eigenvalue weighted by Crippen LogP contribution is -2.46. The molecule has 0 aliphatic heterocycles. The number of benzene rings is 2.